The van der Waals surface area contributed by atoms with E-state index in [-0.39, 0.29) is 5.78 Å². The highest BCUT2D eigenvalue weighted by atomic mass is 16.1. The molecule has 0 amide bonds. The minimum Gasteiger partial charge on any atom is -0.351 e. The smallest absolute Gasteiger partial charge is 0.171 e. The first-order valence-corrected chi connectivity index (χ1v) is 10.8. The Balaban J connectivity index is 1.50. The Labute approximate surface area is 182 Å². The van der Waals surface area contributed by atoms with Gasteiger partial charge in [-0.05, 0) is 58.5 Å². The highest BCUT2D eigenvalue weighted by Crippen LogP contribution is 2.30. The first-order chi connectivity index (χ1) is 14.8. The third kappa shape index (κ3) is 3.43. The fourth-order valence-electron chi connectivity index (χ4n) is 4.69. The number of piperazine rings is 1. The van der Waals surface area contributed by atoms with Crippen molar-refractivity contribution in [2.75, 3.05) is 25.0 Å². The molecule has 7 heteroatoms. The molecule has 4 heterocycles. The van der Waals surface area contributed by atoms with Crippen LogP contribution in [-0.4, -0.2) is 62.3 Å². The molecule has 31 heavy (non-hydrogen) atoms. The lowest BCUT2D eigenvalue weighted by atomic mass is 9.93. The van der Waals surface area contributed by atoms with Gasteiger partial charge in [0, 0.05) is 43.1 Å². The van der Waals surface area contributed by atoms with Crippen LogP contribution in [0, 0.1) is 13.8 Å². The molecule has 3 aromatic heterocycles. The summed E-state index contributed by atoms with van der Waals surface area (Å²) in [6.07, 6.45) is 6.09. The summed E-state index contributed by atoms with van der Waals surface area (Å²) in [6.45, 7) is 10.3. The summed E-state index contributed by atoms with van der Waals surface area (Å²) in [4.78, 5) is 31.9. The van der Waals surface area contributed by atoms with E-state index in [1.54, 1.807) is 0 Å². The number of anilines is 1. The van der Waals surface area contributed by atoms with Crippen molar-refractivity contribution in [1.29, 1.82) is 0 Å². The molecule has 0 saturated carbocycles. The van der Waals surface area contributed by atoms with E-state index in [1.165, 1.54) is 0 Å². The second-order valence-electron chi connectivity index (χ2n) is 8.98. The second kappa shape index (κ2) is 7.27. The van der Waals surface area contributed by atoms with E-state index in [0.29, 0.717) is 29.8 Å². The fraction of sp³-hybridized carbons (Fsp3) is 0.417. The average Bonchev–Trinajstić information content (AvgIpc) is 3.14. The molecular weight excluding hydrogens is 388 g/mol. The minimum atomic E-state index is 0.0580. The van der Waals surface area contributed by atoms with Crippen LogP contribution >= 0.6 is 0 Å². The zero-order valence-electron chi connectivity index (χ0n) is 18.8. The predicted molar refractivity (Wildman–Crippen MR) is 122 cm³/mol. The van der Waals surface area contributed by atoms with Crippen LogP contribution in [0.3, 0.4) is 0 Å². The number of carbonyl (C=O) groups excluding carboxylic acids is 1. The van der Waals surface area contributed by atoms with Gasteiger partial charge in [-0.15, -0.1) is 0 Å². The van der Waals surface area contributed by atoms with Crippen molar-refractivity contribution in [3.63, 3.8) is 0 Å². The van der Waals surface area contributed by atoms with E-state index in [2.05, 4.69) is 47.8 Å². The number of hydrogen-bond donors (Lipinski definition) is 0. The number of rotatable bonds is 2. The maximum Gasteiger partial charge on any atom is 0.171 e. The Morgan fingerprint density at radius 2 is 1.81 bits per heavy atom. The van der Waals surface area contributed by atoms with E-state index < -0.39 is 0 Å². The summed E-state index contributed by atoms with van der Waals surface area (Å²) in [5, 5.41) is 0. The van der Waals surface area contributed by atoms with Crippen LogP contribution in [-0.2, 0) is 11.2 Å². The minimum absolute atomic E-state index is 0.0580. The normalized spacial score (nSPS) is 22.0. The Kier molecular flexibility index (Phi) is 4.66. The molecule has 1 fully saturated rings. The average molecular weight is 417 g/mol. The second-order valence-corrected chi connectivity index (χ2v) is 8.98. The Bertz CT molecular complexity index is 1230. The molecule has 3 aromatic rings. The van der Waals surface area contributed by atoms with Crippen LogP contribution in [0.25, 0.3) is 17.3 Å². The summed E-state index contributed by atoms with van der Waals surface area (Å²) in [5.41, 5.74) is 5.75. The number of carbonyl (C=O) groups is 1. The molecule has 1 saturated heterocycles. The predicted octanol–water partition coefficient (Wildman–Crippen LogP) is 2.94. The molecule has 1 aliphatic carbocycles. The van der Waals surface area contributed by atoms with E-state index in [0.717, 1.165) is 47.2 Å². The van der Waals surface area contributed by atoms with Crippen molar-refractivity contribution in [2.24, 2.45) is 0 Å². The van der Waals surface area contributed by atoms with Crippen LogP contribution in [0.15, 0.2) is 24.5 Å². The number of aromatic nitrogens is 4. The molecule has 1 unspecified atom stereocenters. The molecule has 2 aliphatic rings. The number of imidazole rings is 1. The lowest BCUT2D eigenvalue weighted by Gasteiger charge is -2.43. The lowest BCUT2D eigenvalue weighted by Crippen LogP contribution is -2.55. The maximum atomic E-state index is 13.0. The Morgan fingerprint density at radius 3 is 2.61 bits per heavy atom. The number of allylic oxidation sites excluding steroid dienone is 1. The van der Waals surface area contributed by atoms with Gasteiger partial charge in [-0.25, -0.2) is 9.97 Å². The standard InChI is InChI=1S/C24H28N6O/c1-14-10-29-13-21(27-24(29)17(4)25-14)19-8-18-6-7-23(26-20(18)9-22(19)31)30-12-15(2)28(5)11-16(30)3/h6-8,10,13,15-16H,9,11-12H2,1-5H3/t15?,16-/m1/s1. The summed E-state index contributed by atoms with van der Waals surface area (Å²) >= 11 is 0. The Hall–Kier alpha value is -3.06. The van der Waals surface area contributed by atoms with E-state index in [4.69, 9.17) is 9.97 Å². The van der Waals surface area contributed by atoms with Gasteiger partial charge in [0.15, 0.2) is 11.4 Å². The monoisotopic (exact) mass is 416 g/mol. The topological polar surface area (TPSA) is 66.6 Å². The van der Waals surface area contributed by atoms with Crippen LogP contribution in [0.5, 0.6) is 0 Å². The number of Topliss-reactive ketones (excluding diaryl/α,β-unsaturated/α-hetero) is 1. The van der Waals surface area contributed by atoms with Crippen molar-refractivity contribution >= 4 is 28.9 Å². The fourth-order valence-corrected chi connectivity index (χ4v) is 4.69. The number of nitrogens with zero attached hydrogens (tertiary/aromatic N) is 6. The summed E-state index contributed by atoms with van der Waals surface area (Å²) in [6, 6.07) is 5.03. The molecule has 0 aromatic carbocycles. The molecule has 0 N–H and O–H groups in total. The first-order valence-electron chi connectivity index (χ1n) is 10.8. The number of ketones is 1. The summed E-state index contributed by atoms with van der Waals surface area (Å²) in [7, 11) is 2.17. The number of aryl methyl sites for hydroxylation is 2. The lowest BCUT2D eigenvalue weighted by molar-refractivity contribution is -0.113. The summed E-state index contributed by atoms with van der Waals surface area (Å²) < 4.78 is 1.95. The van der Waals surface area contributed by atoms with Crippen molar-refractivity contribution in [1.82, 2.24) is 24.3 Å². The quantitative estimate of drug-likeness (QED) is 0.640. The third-order valence-corrected chi connectivity index (χ3v) is 6.52. The van der Waals surface area contributed by atoms with Crippen molar-refractivity contribution in [2.45, 2.75) is 46.2 Å². The maximum absolute atomic E-state index is 13.0. The molecule has 7 nitrogen and oxygen atoms in total. The van der Waals surface area contributed by atoms with Gasteiger partial charge in [-0.3, -0.25) is 14.7 Å². The van der Waals surface area contributed by atoms with Gasteiger partial charge in [0.1, 0.15) is 5.82 Å². The zero-order valence-corrected chi connectivity index (χ0v) is 18.8. The van der Waals surface area contributed by atoms with Crippen LogP contribution in [0.1, 0.15) is 42.2 Å². The molecule has 1 aliphatic heterocycles. The van der Waals surface area contributed by atoms with E-state index in [9.17, 15) is 4.79 Å². The third-order valence-electron chi connectivity index (χ3n) is 6.52. The molecule has 160 valence electrons. The van der Waals surface area contributed by atoms with Crippen molar-refractivity contribution < 1.29 is 4.79 Å². The van der Waals surface area contributed by atoms with Crippen LogP contribution in [0.4, 0.5) is 5.82 Å². The molecule has 0 radical (unpaired) electrons. The van der Waals surface area contributed by atoms with Gasteiger partial charge in [0.2, 0.25) is 0 Å². The molecule has 5 rings (SSSR count). The van der Waals surface area contributed by atoms with Gasteiger partial charge in [0.05, 0.1) is 29.2 Å². The highest BCUT2D eigenvalue weighted by molar-refractivity contribution is 6.27. The van der Waals surface area contributed by atoms with Gasteiger partial charge in [-0.1, -0.05) is 0 Å². The number of likely N-dealkylation sites (N-methyl/N-ethyl adjacent to an activating group) is 1. The summed E-state index contributed by atoms with van der Waals surface area (Å²) in [5.74, 6) is 1.02. The first kappa shape index (κ1) is 19.9. The van der Waals surface area contributed by atoms with Crippen molar-refractivity contribution in [3.8, 4) is 0 Å². The zero-order chi connectivity index (χ0) is 21.9. The van der Waals surface area contributed by atoms with E-state index >= 15 is 0 Å². The Morgan fingerprint density at radius 1 is 1.00 bits per heavy atom. The van der Waals surface area contributed by atoms with E-state index in [1.807, 2.05) is 36.7 Å². The van der Waals surface area contributed by atoms with Gasteiger partial charge in [-0.2, -0.15) is 0 Å². The van der Waals surface area contributed by atoms with Crippen LogP contribution < -0.4 is 4.90 Å². The van der Waals surface area contributed by atoms with Crippen molar-refractivity contribution in [3.05, 3.63) is 52.9 Å². The van der Waals surface area contributed by atoms with Crippen LogP contribution in [0.2, 0.25) is 0 Å². The molecule has 0 spiro atoms. The number of hydrogen-bond acceptors (Lipinski definition) is 6. The molecule has 0 bridgehead atoms. The molecular formula is C24H28N6O. The highest BCUT2D eigenvalue weighted by Gasteiger charge is 2.29. The number of fused-ring (bicyclic) bond motifs is 2. The van der Waals surface area contributed by atoms with Gasteiger partial charge < -0.3 is 9.30 Å². The largest absolute Gasteiger partial charge is 0.351 e. The van der Waals surface area contributed by atoms with Gasteiger partial charge in [0.25, 0.3) is 0 Å². The molecule has 2 atom stereocenters. The van der Waals surface area contributed by atoms with Gasteiger partial charge >= 0.3 is 0 Å². The number of pyridine rings is 1. The SMILES string of the molecule is Cc1cn2cc(C3=Cc4ccc(N5CC(C)N(C)C[C@H]5C)nc4CC3=O)nc2c(C)n1.